The summed E-state index contributed by atoms with van der Waals surface area (Å²) in [5.74, 6) is -0.0269. The maximum absolute atomic E-state index is 11.0. The van der Waals surface area contributed by atoms with Gasteiger partial charge in [0.1, 0.15) is 0 Å². The molecule has 12 heavy (non-hydrogen) atoms. The van der Waals surface area contributed by atoms with Crippen molar-refractivity contribution in [3.8, 4) is 0 Å². The van der Waals surface area contributed by atoms with Gasteiger partial charge in [-0.1, -0.05) is 6.42 Å². The highest BCUT2D eigenvalue weighted by molar-refractivity contribution is 7.99. The van der Waals surface area contributed by atoms with E-state index in [0.717, 1.165) is 6.42 Å². The van der Waals surface area contributed by atoms with E-state index >= 15 is 0 Å². The summed E-state index contributed by atoms with van der Waals surface area (Å²) in [4.78, 5) is 11.0. The van der Waals surface area contributed by atoms with E-state index in [1.807, 2.05) is 11.8 Å². The van der Waals surface area contributed by atoms with Gasteiger partial charge in [-0.2, -0.15) is 11.8 Å². The van der Waals surface area contributed by atoms with Gasteiger partial charge in [0.05, 0.1) is 6.54 Å². The summed E-state index contributed by atoms with van der Waals surface area (Å²) in [7, 11) is 0. The Hall–Kier alpha value is -0.220. The molecule has 2 unspecified atom stereocenters. The fraction of sp³-hybridized carbons (Fsp3) is 0.875. The first-order chi connectivity index (χ1) is 5.77. The minimum atomic E-state index is -0.0269. The quantitative estimate of drug-likeness (QED) is 0.672. The molecule has 0 spiro atoms. The van der Waals surface area contributed by atoms with E-state index in [1.54, 1.807) is 0 Å². The van der Waals surface area contributed by atoms with Crippen molar-refractivity contribution >= 4 is 17.7 Å². The van der Waals surface area contributed by atoms with Crippen molar-refractivity contribution in [1.29, 1.82) is 0 Å². The summed E-state index contributed by atoms with van der Waals surface area (Å²) in [6, 6.07) is 0.357. The average Bonchev–Trinajstić information content (AvgIpc) is 2.51. The van der Waals surface area contributed by atoms with Gasteiger partial charge >= 0.3 is 0 Å². The van der Waals surface area contributed by atoms with Crippen molar-refractivity contribution in [1.82, 2.24) is 5.32 Å². The van der Waals surface area contributed by atoms with Crippen LogP contribution in [0, 0.1) is 0 Å². The maximum Gasteiger partial charge on any atom is 0.233 e. The Morgan fingerprint density at radius 2 is 2.42 bits per heavy atom. The molecule has 0 aromatic heterocycles. The molecule has 1 amide bonds. The number of carbonyl (C=O) groups is 1. The lowest BCUT2D eigenvalue weighted by Crippen LogP contribution is -2.41. The van der Waals surface area contributed by atoms with E-state index in [4.69, 9.17) is 5.73 Å². The molecule has 0 aliphatic heterocycles. The first kappa shape index (κ1) is 9.86. The van der Waals surface area contributed by atoms with Crippen LogP contribution in [0.15, 0.2) is 0 Å². The number of hydrogen-bond donors (Lipinski definition) is 2. The second kappa shape index (κ2) is 4.72. The largest absolute Gasteiger partial charge is 0.351 e. The molecule has 0 heterocycles. The Kier molecular flexibility index (Phi) is 3.88. The molecule has 1 aliphatic rings. The highest BCUT2D eigenvalue weighted by atomic mass is 32.2. The van der Waals surface area contributed by atoms with Gasteiger partial charge in [-0.3, -0.25) is 4.79 Å². The lowest BCUT2D eigenvalue weighted by molar-refractivity contribution is -0.120. The topological polar surface area (TPSA) is 55.1 Å². The van der Waals surface area contributed by atoms with Crippen molar-refractivity contribution in [2.24, 2.45) is 5.73 Å². The van der Waals surface area contributed by atoms with Crippen molar-refractivity contribution in [3.05, 3.63) is 0 Å². The molecule has 1 fully saturated rings. The molecule has 3 N–H and O–H groups in total. The molecule has 2 atom stereocenters. The number of nitrogens with one attached hydrogen (secondary N) is 1. The van der Waals surface area contributed by atoms with Gasteiger partial charge in [-0.25, -0.2) is 0 Å². The number of thioether (sulfide) groups is 1. The van der Waals surface area contributed by atoms with E-state index < -0.39 is 0 Å². The Bertz CT molecular complexity index is 163. The molecule has 0 aromatic carbocycles. The smallest absolute Gasteiger partial charge is 0.233 e. The second-order valence-corrected chi connectivity index (χ2v) is 4.16. The summed E-state index contributed by atoms with van der Waals surface area (Å²) in [6.45, 7) is 0.109. The van der Waals surface area contributed by atoms with Gasteiger partial charge in [0, 0.05) is 11.3 Å². The van der Waals surface area contributed by atoms with Crippen LogP contribution < -0.4 is 11.1 Å². The normalized spacial score (nSPS) is 28.8. The molecule has 0 bridgehead atoms. The fourth-order valence-electron chi connectivity index (χ4n) is 1.64. The predicted octanol–water partition coefficient (Wildman–Crippen LogP) is 0.345. The molecule has 0 saturated heterocycles. The third-order valence-electron chi connectivity index (χ3n) is 2.29. The van der Waals surface area contributed by atoms with Crippen molar-refractivity contribution in [3.63, 3.8) is 0 Å². The van der Waals surface area contributed by atoms with Crippen LogP contribution in [0.5, 0.6) is 0 Å². The molecule has 4 heteroatoms. The first-order valence-electron chi connectivity index (χ1n) is 4.30. The minimum Gasteiger partial charge on any atom is -0.351 e. The molecule has 1 rings (SSSR count). The van der Waals surface area contributed by atoms with Crippen LogP contribution in [-0.2, 0) is 4.79 Å². The lowest BCUT2D eigenvalue weighted by atomic mass is 10.2. The van der Waals surface area contributed by atoms with Crippen molar-refractivity contribution < 1.29 is 4.79 Å². The highest BCUT2D eigenvalue weighted by Gasteiger charge is 2.27. The highest BCUT2D eigenvalue weighted by Crippen LogP contribution is 2.28. The predicted molar refractivity (Wildman–Crippen MR) is 52.1 cm³/mol. The van der Waals surface area contributed by atoms with Crippen LogP contribution in [-0.4, -0.2) is 30.0 Å². The van der Waals surface area contributed by atoms with E-state index in [2.05, 4.69) is 11.6 Å². The third kappa shape index (κ3) is 2.38. The summed E-state index contributed by atoms with van der Waals surface area (Å²) >= 11 is 1.84. The Balaban J connectivity index is 2.35. The molecule has 70 valence electrons. The molecule has 0 aromatic rings. The van der Waals surface area contributed by atoms with Crippen LogP contribution in [0.2, 0.25) is 0 Å². The average molecular weight is 188 g/mol. The third-order valence-corrected chi connectivity index (χ3v) is 3.46. The van der Waals surface area contributed by atoms with Crippen LogP contribution in [0.25, 0.3) is 0 Å². The summed E-state index contributed by atoms with van der Waals surface area (Å²) in [6.07, 6.45) is 5.65. The van der Waals surface area contributed by atoms with Crippen molar-refractivity contribution in [2.75, 3.05) is 12.8 Å². The first-order valence-corrected chi connectivity index (χ1v) is 5.59. The zero-order valence-electron chi connectivity index (χ0n) is 7.38. The summed E-state index contributed by atoms with van der Waals surface area (Å²) < 4.78 is 0. The van der Waals surface area contributed by atoms with Gasteiger partial charge in [0.15, 0.2) is 0 Å². The molecular formula is C8H16N2OS. The fourth-order valence-corrected chi connectivity index (χ4v) is 2.57. The number of rotatable bonds is 3. The van der Waals surface area contributed by atoms with Gasteiger partial charge < -0.3 is 11.1 Å². The summed E-state index contributed by atoms with van der Waals surface area (Å²) in [5, 5.41) is 3.54. The van der Waals surface area contributed by atoms with Crippen LogP contribution >= 0.6 is 11.8 Å². The number of nitrogens with two attached hydrogens (primary N) is 1. The number of carbonyl (C=O) groups excluding carboxylic acids is 1. The van der Waals surface area contributed by atoms with E-state index in [0.29, 0.717) is 11.3 Å². The monoisotopic (exact) mass is 188 g/mol. The van der Waals surface area contributed by atoms with Gasteiger partial charge in [-0.15, -0.1) is 0 Å². The zero-order valence-corrected chi connectivity index (χ0v) is 8.19. The van der Waals surface area contributed by atoms with Crippen LogP contribution in [0.4, 0.5) is 0 Å². The Morgan fingerprint density at radius 1 is 1.67 bits per heavy atom. The molecule has 3 nitrogen and oxygen atoms in total. The van der Waals surface area contributed by atoms with E-state index in [-0.39, 0.29) is 12.5 Å². The Labute approximate surface area is 77.5 Å². The van der Waals surface area contributed by atoms with Gasteiger partial charge in [-0.05, 0) is 19.1 Å². The van der Waals surface area contributed by atoms with E-state index in [9.17, 15) is 4.79 Å². The summed E-state index contributed by atoms with van der Waals surface area (Å²) in [5.41, 5.74) is 5.22. The molecule has 1 saturated carbocycles. The molecule has 0 radical (unpaired) electrons. The maximum atomic E-state index is 11.0. The second-order valence-electron chi connectivity index (χ2n) is 3.08. The minimum absolute atomic E-state index is 0.0269. The standard InChI is InChI=1S/C8H16N2OS/c1-12-7-4-2-3-6(7)10-8(11)5-9/h6-7H,2-5,9H2,1H3,(H,10,11). The van der Waals surface area contributed by atoms with E-state index in [1.165, 1.54) is 12.8 Å². The zero-order chi connectivity index (χ0) is 8.97. The van der Waals surface area contributed by atoms with Gasteiger partial charge in [0.2, 0.25) is 5.91 Å². The number of amides is 1. The van der Waals surface area contributed by atoms with Crippen LogP contribution in [0.1, 0.15) is 19.3 Å². The SMILES string of the molecule is CSC1CCCC1NC(=O)CN. The molecular weight excluding hydrogens is 172 g/mol. The van der Waals surface area contributed by atoms with Crippen molar-refractivity contribution in [2.45, 2.75) is 30.6 Å². The Morgan fingerprint density at radius 3 is 3.00 bits per heavy atom. The number of hydrogen-bond acceptors (Lipinski definition) is 3. The molecule has 1 aliphatic carbocycles. The van der Waals surface area contributed by atoms with Gasteiger partial charge in [0.25, 0.3) is 0 Å². The van der Waals surface area contributed by atoms with Crippen LogP contribution in [0.3, 0.4) is 0 Å². The lowest BCUT2D eigenvalue weighted by Gasteiger charge is -2.18.